The van der Waals surface area contributed by atoms with Gasteiger partial charge in [-0.1, -0.05) is 68.3 Å². The summed E-state index contributed by atoms with van der Waals surface area (Å²) >= 11 is 0. The van der Waals surface area contributed by atoms with Crippen molar-refractivity contribution in [1.29, 1.82) is 0 Å². The number of anilines is 1. The van der Waals surface area contributed by atoms with E-state index in [9.17, 15) is 4.79 Å². The van der Waals surface area contributed by atoms with Crippen LogP contribution >= 0.6 is 0 Å². The number of benzene rings is 2. The van der Waals surface area contributed by atoms with Crippen LogP contribution in [0.1, 0.15) is 45.2 Å². The quantitative estimate of drug-likeness (QED) is 0.436. The molecule has 2 aromatic rings. The van der Waals surface area contributed by atoms with Crippen LogP contribution in [0.4, 0.5) is 16.2 Å². The summed E-state index contributed by atoms with van der Waals surface area (Å²) in [6, 6.07) is 17.1. The Hall–Kier alpha value is -1.62. The topological polar surface area (TPSA) is 41.9 Å². The summed E-state index contributed by atoms with van der Waals surface area (Å²) in [4.78, 5) is 18.3. The summed E-state index contributed by atoms with van der Waals surface area (Å²) in [5.74, 6) is 0. The smallest absolute Gasteiger partial charge is 0.481 e. The van der Waals surface area contributed by atoms with Crippen LogP contribution in [-0.4, -0.2) is 25.5 Å². The van der Waals surface area contributed by atoms with Crippen LogP contribution in [-0.2, 0) is 17.6 Å². The molecule has 1 aliphatic heterocycles. The van der Waals surface area contributed by atoms with Gasteiger partial charge in [0.1, 0.15) is 0 Å². The van der Waals surface area contributed by atoms with E-state index in [0.29, 0.717) is 6.42 Å². The first kappa shape index (κ1) is 30.6. The van der Waals surface area contributed by atoms with Gasteiger partial charge in [-0.15, -0.1) is 6.07 Å². The van der Waals surface area contributed by atoms with E-state index in [-0.39, 0.29) is 49.1 Å². The standard InChI is InChI=1S/C20H20N2O2.C2H6.C2H5.CH3.Na/c1-15-11-12-17-18(21-14-13-16-7-4-3-5-8-16)9-6-10-19(17)22(15)20(23)24-2;2*1-2;;/h3-8,10,15H,11-13H2,1-2H3;1-2H3;1H2,2H3;1H3;/q-2;;2*-1;+1. The molecular formula is C25H34N2NaO2-3. The molecule has 0 fully saturated rings. The number of nitrogens with zero attached hydrogens (tertiary/aromatic N) is 2. The molecule has 0 saturated carbocycles. The van der Waals surface area contributed by atoms with Crippen molar-refractivity contribution in [2.45, 2.75) is 53.0 Å². The predicted octanol–water partition coefficient (Wildman–Crippen LogP) is 3.54. The number of fused-ring (bicyclic) bond motifs is 1. The molecule has 30 heavy (non-hydrogen) atoms. The second-order valence-electron chi connectivity index (χ2n) is 5.85. The summed E-state index contributed by atoms with van der Waals surface area (Å²) in [5, 5.41) is 0. The van der Waals surface area contributed by atoms with Crippen LogP contribution in [0, 0.1) is 20.4 Å². The molecule has 160 valence electrons. The van der Waals surface area contributed by atoms with Crippen molar-refractivity contribution < 1.29 is 39.1 Å². The Labute approximate surface area is 206 Å². The summed E-state index contributed by atoms with van der Waals surface area (Å²) in [7, 11) is 1.41. The van der Waals surface area contributed by atoms with E-state index in [2.05, 4.69) is 24.2 Å². The fraction of sp³-hybridized carbons (Fsp3) is 0.360. The van der Waals surface area contributed by atoms with Gasteiger partial charge < -0.3 is 24.1 Å². The zero-order valence-corrected chi connectivity index (χ0v) is 21.7. The van der Waals surface area contributed by atoms with Gasteiger partial charge in [-0.05, 0) is 13.3 Å². The van der Waals surface area contributed by atoms with Crippen molar-refractivity contribution >= 4 is 23.7 Å². The van der Waals surface area contributed by atoms with Crippen LogP contribution in [0.5, 0.6) is 0 Å². The number of ether oxygens (including phenoxy) is 1. The maximum Gasteiger partial charge on any atom is 1.00 e. The minimum Gasteiger partial charge on any atom is -0.481 e. The Morgan fingerprint density at radius 3 is 2.50 bits per heavy atom. The largest absolute Gasteiger partial charge is 1.00 e. The normalized spacial score (nSPS) is 13.9. The molecule has 0 bridgehead atoms. The van der Waals surface area contributed by atoms with Crippen LogP contribution < -0.4 is 34.5 Å². The monoisotopic (exact) mass is 417 g/mol. The van der Waals surface area contributed by atoms with E-state index in [1.165, 1.54) is 7.11 Å². The third kappa shape index (κ3) is 8.25. The van der Waals surface area contributed by atoms with Crippen LogP contribution in [0.15, 0.2) is 47.5 Å². The van der Waals surface area contributed by atoms with Gasteiger partial charge >= 0.3 is 35.7 Å². The molecule has 0 spiro atoms. The summed E-state index contributed by atoms with van der Waals surface area (Å²) in [6.45, 7) is 11.0. The summed E-state index contributed by atoms with van der Waals surface area (Å²) < 4.78 is 4.93. The Morgan fingerprint density at radius 2 is 1.90 bits per heavy atom. The van der Waals surface area contributed by atoms with E-state index < -0.39 is 0 Å². The average Bonchev–Trinajstić information content (AvgIpc) is 2.77. The molecule has 1 aliphatic rings. The average molecular weight is 418 g/mol. The Kier molecular flexibility index (Phi) is 17.4. The molecule has 3 rings (SSSR count). The van der Waals surface area contributed by atoms with Gasteiger partial charge in [-0.25, -0.2) is 10.5 Å². The van der Waals surface area contributed by atoms with E-state index in [1.54, 1.807) is 17.9 Å². The fourth-order valence-corrected chi connectivity index (χ4v) is 2.98. The van der Waals surface area contributed by atoms with Crippen molar-refractivity contribution in [1.82, 2.24) is 0 Å². The first-order chi connectivity index (χ1) is 13.7. The zero-order chi connectivity index (χ0) is 20.9. The molecule has 0 N–H and O–H groups in total. The Morgan fingerprint density at radius 1 is 1.27 bits per heavy atom. The first-order valence-electron chi connectivity index (χ1n) is 9.79. The molecule has 0 aromatic heterocycles. The van der Waals surface area contributed by atoms with Crippen LogP contribution in [0.25, 0.3) is 0 Å². The first-order valence-corrected chi connectivity index (χ1v) is 9.79. The van der Waals surface area contributed by atoms with Crippen LogP contribution in [0.2, 0.25) is 0 Å². The minimum atomic E-state index is -0.335. The van der Waals surface area contributed by atoms with Gasteiger partial charge in [-0.2, -0.15) is 24.8 Å². The number of carbonyl (C=O) groups is 1. The van der Waals surface area contributed by atoms with E-state index in [0.717, 1.165) is 35.3 Å². The number of rotatable bonds is 3. The van der Waals surface area contributed by atoms with Gasteiger partial charge in [0.05, 0.1) is 7.11 Å². The molecule has 1 unspecified atom stereocenters. The second-order valence-corrected chi connectivity index (χ2v) is 5.85. The molecule has 5 heteroatoms. The van der Waals surface area contributed by atoms with Gasteiger partial charge in [0, 0.05) is 6.04 Å². The molecular weight excluding hydrogens is 383 g/mol. The number of methoxy groups -OCH3 is 1. The molecule has 2 aromatic carbocycles. The van der Waals surface area contributed by atoms with Crippen molar-refractivity contribution in [2.75, 3.05) is 12.0 Å². The Balaban J connectivity index is 0. The van der Waals surface area contributed by atoms with Crippen LogP contribution in [0.3, 0.4) is 0 Å². The third-order valence-electron chi connectivity index (χ3n) is 4.26. The molecule has 1 amide bonds. The number of aliphatic imine (C=N–C) groups is 1. The van der Waals surface area contributed by atoms with E-state index in [4.69, 9.17) is 4.74 Å². The second kappa shape index (κ2) is 17.1. The van der Waals surface area contributed by atoms with Crippen molar-refractivity contribution in [3.05, 3.63) is 74.0 Å². The SMILES string of the molecule is CC.COC(=O)N1c2cc[c-]c(N=[C-]Cc3ccccc3)c2CCC1C.[CH2-]C.[CH3-].[Na+]. The molecule has 1 heterocycles. The number of amides is 1. The molecule has 0 radical (unpaired) electrons. The maximum absolute atomic E-state index is 12.1. The van der Waals surface area contributed by atoms with E-state index in [1.807, 2.05) is 57.2 Å². The fourth-order valence-electron chi connectivity index (χ4n) is 2.98. The van der Waals surface area contributed by atoms with Gasteiger partial charge in [-0.3, -0.25) is 11.0 Å². The molecule has 4 nitrogen and oxygen atoms in total. The van der Waals surface area contributed by atoms with E-state index >= 15 is 0 Å². The number of carbonyl (C=O) groups excluding carboxylic acids is 1. The van der Waals surface area contributed by atoms with Crippen molar-refractivity contribution in [3.8, 4) is 0 Å². The maximum atomic E-state index is 12.1. The molecule has 1 atom stereocenters. The minimum absolute atomic E-state index is 0. The van der Waals surface area contributed by atoms with Gasteiger partial charge in [0.15, 0.2) is 0 Å². The van der Waals surface area contributed by atoms with Gasteiger partial charge in [0.25, 0.3) is 0 Å². The predicted molar refractivity (Wildman–Crippen MR) is 124 cm³/mol. The summed E-state index contributed by atoms with van der Waals surface area (Å²) in [6.07, 6.45) is 5.15. The summed E-state index contributed by atoms with van der Waals surface area (Å²) in [5.41, 5.74) is 3.81. The number of hydrogen-bond acceptors (Lipinski definition) is 3. The Bertz CT molecular complexity index is 748. The zero-order valence-electron chi connectivity index (χ0n) is 19.7. The molecule has 0 saturated heterocycles. The number of hydrogen-bond donors (Lipinski definition) is 0. The van der Waals surface area contributed by atoms with Gasteiger partial charge in [0.2, 0.25) is 0 Å². The third-order valence-corrected chi connectivity index (χ3v) is 4.26. The molecule has 0 aliphatic carbocycles. The van der Waals surface area contributed by atoms with Crippen molar-refractivity contribution in [2.24, 2.45) is 4.99 Å². The van der Waals surface area contributed by atoms with Crippen molar-refractivity contribution in [3.63, 3.8) is 0 Å².